The van der Waals surface area contributed by atoms with Crippen molar-refractivity contribution in [2.45, 2.75) is 26.4 Å². The van der Waals surface area contributed by atoms with Crippen molar-refractivity contribution in [2.24, 2.45) is 0 Å². The van der Waals surface area contributed by atoms with Crippen LogP contribution in [0, 0.1) is 0 Å². The molecule has 0 bridgehead atoms. The summed E-state index contributed by atoms with van der Waals surface area (Å²) in [5.74, 6) is -1.08. The summed E-state index contributed by atoms with van der Waals surface area (Å²) >= 11 is 0. The van der Waals surface area contributed by atoms with Crippen molar-refractivity contribution < 1.29 is 19.1 Å². The first-order valence-electron chi connectivity index (χ1n) is 5.32. The molecule has 0 N–H and O–H groups in total. The van der Waals surface area contributed by atoms with Crippen LogP contribution in [0.5, 0.6) is 0 Å². The third kappa shape index (κ3) is 5.15. The SMILES string of the molecule is CC(C)(C)OC(=O)COC(=O)c1ccccc1. The third-order valence-corrected chi connectivity index (χ3v) is 1.75. The van der Waals surface area contributed by atoms with E-state index in [0.717, 1.165) is 0 Å². The molecule has 1 aromatic rings. The van der Waals surface area contributed by atoms with Gasteiger partial charge in [0.15, 0.2) is 6.61 Å². The Balaban J connectivity index is 2.42. The molecule has 0 unspecified atom stereocenters. The van der Waals surface area contributed by atoms with Crippen molar-refractivity contribution in [1.82, 2.24) is 0 Å². The Labute approximate surface area is 101 Å². The van der Waals surface area contributed by atoms with Crippen LogP contribution < -0.4 is 0 Å². The summed E-state index contributed by atoms with van der Waals surface area (Å²) in [6.45, 7) is 4.89. The Morgan fingerprint density at radius 2 is 1.71 bits per heavy atom. The largest absolute Gasteiger partial charge is 0.457 e. The van der Waals surface area contributed by atoms with Crippen molar-refractivity contribution in [2.75, 3.05) is 6.61 Å². The molecule has 1 aromatic carbocycles. The first-order chi connectivity index (χ1) is 7.88. The second kappa shape index (κ2) is 5.48. The van der Waals surface area contributed by atoms with E-state index in [4.69, 9.17) is 9.47 Å². The molecule has 1 rings (SSSR count). The van der Waals surface area contributed by atoms with Crippen molar-refractivity contribution >= 4 is 11.9 Å². The number of hydrogen-bond acceptors (Lipinski definition) is 4. The van der Waals surface area contributed by atoms with Gasteiger partial charge >= 0.3 is 11.9 Å². The molecule has 4 nitrogen and oxygen atoms in total. The first kappa shape index (κ1) is 13.2. The molecule has 0 spiro atoms. The average molecular weight is 236 g/mol. The summed E-state index contributed by atoms with van der Waals surface area (Å²) in [4.78, 5) is 22.8. The number of carbonyl (C=O) groups is 2. The average Bonchev–Trinajstić information content (AvgIpc) is 2.25. The van der Waals surface area contributed by atoms with Crippen LogP contribution in [0.1, 0.15) is 31.1 Å². The Morgan fingerprint density at radius 3 is 2.24 bits per heavy atom. The predicted octanol–water partition coefficient (Wildman–Crippen LogP) is 2.19. The summed E-state index contributed by atoms with van der Waals surface area (Å²) < 4.78 is 9.83. The number of carbonyl (C=O) groups excluding carboxylic acids is 2. The van der Waals surface area contributed by atoms with Crippen LogP contribution in [0.3, 0.4) is 0 Å². The zero-order valence-corrected chi connectivity index (χ0v) is 10.2. The zero-order valence-electron chi connectivity index (χ0n) is 10.2. The van der Waals surface area contributed by atoms with Gasteiger partial charge in [-0.1, -0.05) is 18.2 Å². The molecule has 0 amide bonds. The van der Waals surface area contributed by atoms with Crippen LogP contribution in [-0.4, -0.2) is 24.1 Å². The van der Waals surface area contributed by atoms with Crippen LogP contribution in [0.15, 0.2) is 30.3 Å². The maximum Gasteiger partial charge on any atom is 0.344 e. The van der Waals surface area contributed by atoms with Crippen LogP contribution in [0.4, 0.5) is 0 Å². The maximum atomic E-state index is 11.5. The van der Waals surface area contributed by atoms with Gasteiger partial charge in [-0.3, -0.25) is 0 Å². The molecule has 0 aliphatic rings. The molecule has 0 saturated carbocycles. The van der Waals surface area contributed by atoms with Gasteiger partial charge in [0.2, 0.25) is 0 Å². The van der Waals surface area contributed by atoms with E-state index in [9.17, 15) is 9.59 Å². The van der Waals surface area contributed by atoms with E-state index in [1.807, 2.05) is 0 Å². The van der Waals surface area contributed by atoms with Crippen LogP contribution in [0.25, 0.3) is 0 Å². The molecule has 0 radical (unpaired) electrons. The smallest absolute Gasteiger partial charge is 0.344 e. The Hall–Kier alpha value is -1.84. The van der Waals surface area contributed by atoms with E-state index in [2.05, 4.69) is 0 Å². The van der Waals surface area contributed by atoms with E-state index < -0.39 is 17.5 Å². The molecule has 0 saturated heterocycles. The molecule has 0 fully saturated rings. The van der Waals surface area contributed by atoms with E-state index >= 15 is 0 Å². The number of esters is 2. The van der Waals surface area contributed by atoms with Gasteiger partial charge in [-0.2, -0.15) is 0 Å². The number of hydrogen-bond donors (Lipinski definition) is 0. The number of benzene rings is 1. The van der Waals surface area contributed by atoms with Crippen molar-refractivity contribution in [3.05, 3.63) is 35.9 Å². The molecule has 0 heterocycles. The lowest BCUT2D eigenvalue weighted by molar-refractivity contribution is -0.158. The summed E-state index contributed by atoms with van der Waals surface area (Å²) in [5.41, 5.74) is -0.160. The highest BCUT2D eigenvalue weighted by Gasteiger charge is 2.17. The molecule has 0 aliphatic heterocycles. The fourth-order valence-electron chi connectivity index (χ4n) is 1.15. The highest BCUT2D eigenvalue weighted by molar-refractivity contribution is 5.90. The highest BCUT2D eigenvalue weighted by atomic mass is 16.6. The Bertz CT molecular complexity index is 390. The molecule has 0 aliphatic carbocycles. The standard InChI is InChI=1S/C13H16O4/c1-13(2,3)17-11(14)9-16-12(15)10-7-5-4-6-8-10/h4-8H,9H2,1-3H3. The molecular formula is C13H16O4. The zero-order chi connectivity index (χ0) is 12.9. The topological polar surface area (TPSA) is 52.6 Å². The van der Waals surface area contributed by atoms with E-state index in [1.165, 1.54) is 0 Å². The summed E-state index contributed by atoms with van der Waals surface area (Å²) in [5, 5.41) is 0. The molecule has 17 heavy (non-hydrogen) atoms. The van der Waals surface area contributed by atoms with Crippen LogP contribution in [-0.2, 0) is 14.3 Å². The lowest BCUT2D eigenvalue weighted by Crippen LogP contribution is -2.27. The summed E-state index contributed by atoms with van der Waals surface area (Å²) in [7, 11) is 0. The third-order valence-electron chi connectivity index (χ3n) is 1.75. The number of rotatable bonds is 3. The highest BCUT2D eigenvalue weighted by Crippen LogP contribution is 2.07. The summed E-state index contributed by atoms with van der Waals surface area (Å²) in [6, 6.07) is 8.49. The number of ether oxygens (including phenoxy) is 2. The van der Waals surface area contributed by atoms with Crippen molar-refractivity contribution in [3.8, 4) is 0 Å². The monoisotopic (exact) mass is 236 g/mol. The predicted molar refractivity (Wildman–Crippen MR) is 62.6 cm³/mol. The van der Waals surface area contributed by atoms with Crippen molar-refractivity contribution in [3.63, 3.8) is 0 Å². The minimum absolute atomic E-state index is 0.370. The Morgan fingerprint density at radius 1 is 1.12 bits per heavy atom. The van der Waals surface area contributed by atoms with Gasteiger partial charge in [-0.25, -0.2) is 9.59 Å². The quantitative estimate of drug-likeness (QED) is 0.755. The second-order valence-corrected chi connectivity index (χ2v) is 4.53. The summed E-state index contributed by atoms with van der Waals surface area (Å²) in [6.07, 6.45) is 0. The fraction of sp³-hybridized carbons (Fsp3) is 0.385. The fourth-order valence-corrected chi connectivity index (χ4v) is 1.15. The molecule has 4 heteroatoms. The first-order valence-corrected chi connectivity index (χ1v) is 5.32. The van der Waals surface area contributed by atoms with E-state index in [1.54, 1.807) is 51.1 Å². The molecule has 92 valence electrons. The molecular weight excluding hydrogens is 220 g/mol. The van der Waals surface area contributed by atoms with Crippen molar-refractivity contribution in [1.29, 1.82) is 0 Å². The molecule has 0 atom stereocenters. The van der Waals surface area contributed by atoms with Gasteiger partial charge in [-0.15, -0.1) is 0 Å². The Kier molecular flexibility index (Phi) is 4.26. The van der Waals surface area contributed by atoms with Crippen LogP contribution in [0.2, 0.25) is 0 Å². The van der Waals surface area contributed by atoms with Gasteiger partial charge in [0, 0.05) is 0 Å². The van der Waals surface area contributed by atoms with Gasteiger partial charge in [0.1, 0.15) is 5.60 Å². The minimum Gasteiger partial charge on any atom is -0.457 e. The van der Waals surface area contributed by atoms with Gasteiger partial charge in [0.25, 0.3) is 0 Å². The second-order valence-electron chi connectivity index (χ2n) is 4.53. The van der Waals surface area contributed by atoms with Gasteiger partial charge in [-0.05, 0) is 32.9 Å². The van der Waals surface area contributed by atoms with Gasteiger partial charge < -0.3 is 9.47 Å². The van der Waals surface area contributed by atoms with E-state index in [-0.39, 0.29) is 6.61 Å². The lowest BCUT2D eigenvalue weighted by atomic mass is 10.2. The molecule has 0 aromatic heterocycles. The minimum atomic E-state index is -0.573. The van der Waals surface area contributed by atoms with E-state index in [0.29, 0.717) is 5.56 Å². The lowest BCUT2D eigenvalue weighted by Gasteiger charge is -2.19. The van der Waals surface area contributed by atoms with Crippen LogP contribution >= 0.6 is 0 Å². The maximum absolute atomic E-state index is 11.5. The normalized spacial score (nSPS) is 10.8. The van der Waals surface area contributed by atoms with Gasteiger partial charge in [0.05, 0.1) is 5.56 Å².